The minimum Gasteiger partial charge on any atom is -0.354 e. The maximum Gasteiger partial charge on any atom is 0.224 e. The third-order valence-corrected chi connectivity index (χ3v) is 3.48. The Morgan fingerprint density at radius 3 is 2.35 bits per heavy atom. The topological polar surface area (TPSA) is 58.2 Å². The summed E-state index contributed by atoms with van der Waals surface area (Å²) in [7, 11) is 0. The van der Waals surface area contributed by atoms with Crippen LogP contribution in [0.1, 0.15) is 31.4 Å². The summed E-state index contributed by atoms with van der Waals surface area (Å²) in [5.41, 5.74) is 2.28. The van der Waals surface area contributed by atoms with Crippen LogP contribution in [0.3, 0.4) is 0 Å². The summed E-state index contributed by atoms with van der Waals surface area (Å²) in [6, 6.07) is 8.19. The van der Waals surface area contributed by atoms with E-state index in [4.69, 9.17) is 0 Å². The van der Waals surface area contributed by atoms with Crippen LogP contribution in [0.4, 0.5) is 0 Å². The van der Waals surface area contributed by atoms with Crippen molar-refractivity contribution in [3.63, 3.8) is 0 Å². The summed E-state index contributed by atoms with van der Waals surface area (Å²) in [6.07, 6.45) is 0.665. The van der Waals surface area contributed by atoms with E-state index in [9.17, 15) is 9.59 Å². The van der Waals surface area contributed by atoms with Gasteiger partial charge >= 0.3 is 0 Å². The molecule has 0 saturated heterocycles. The smallest absolute Gasteiger partial charge is 0.224 e. The van der Waals surface area contributed by atoms with Crippen LogP contribution >= 0.6 is 0 Å². The van der Waals surface area contributed by atoms with E-state index in [1.165, 1.54) is 5.56 Å². The zero-order valence-corrected chi connectivity index (χ0v) is 12.3. The lowest BCUT2D eigenvalue weighted by Crippen LogP contribution is -2.33. The first-order valence-corrected chi connectivity index (χ1v) is 7.11. The molecule has 2 atom stereocenters. The molecule has 2 unspecified atom stereocenters. The molecule has 0 spiro atoms. The minimum atomic E-state index is -0.154. The molecule has 1 aliphatic carbocycles. The third-order valence-electron chi connectivity index (χ3n) is 3.48. The fraction of sp³-hybridized carbons (Fsp3) is 0.500. The molecule has 1 aliphatic rings. The number of aryl methyl sites for hydroxylation is 1. The van der Waals surface area contributed by atoms with Crippen LogP contribution < -0.4 is 10.6 Å². The zero-order valence-electron chi connectivity index (χ0n) is 12.3. The van der Waals surface area contributed by atoms with Gasteiger partial charge in [0.1, 0.15) is 0 Å². The molecule has 1 fully saturated rings. The highest BCUT2D eigenvalue weighted by Gasteiger charge is 2.47. The van der Waals surface area contributed by atoms with Crippen molar-refractivity contribution >= 4 is 11.8 Å². The van der Waals surface area contributed by atoms with Crippen LogP contribution in [-0.4, -0.2) is 17.9 Å². The Hall–Kier alpha value is -1.84. The molecule has 0 aromatic heterocycles. The summed E-state index contributed by atoms with van der Waals surface area (Å²) < 4.78 is 0. The monoisotopic (exact) mass is 274 g/mol. The lowest BCUT2D eigenvalue weighted by molar-refractivity contribution is -0.127. The van der Waals surface area contributed by atoms with Crippen molar-refractivity contribution in [2.45, 2.75) is 39.8 Å². The minimum absolute atomic E-state index is 0.00418. The molecule has 4 nitrogen and oxygen atoms in total. The van der Waals surface area contributed by atoms with Gasteiger partial charge in [0.15, 0.2) is 0 Å². The Morgan fingerprint density at radius 1 is 1.15 bits per heavy atom. The predicted octanol–water partition coefficient (Wildman–Crippen LogP) is 1.77. The molecule has 0 heterocycles. The Bertz CT molecular complexity index is 494. The summed E-state index contributed by atoms with van der Waals surface area (Å²) >= 11 is 0. The van der Waals surface area contributed by atoms with E-state index in [0.29, 0.717) is 13.0 Å². The third kappa shape index (κ3) is 3.83. The van der Waals surface area contributed by atoms with E-state index in [0.717, 1.165) is 5.56 Å². The predicted molar refractivity (Wildman–Crippen MR) is 77.9 cm³/mol. The van der Waals surface area contributed by atoms with E-state index in [1.807, 2.05) is 45.0 Å². The number of hydrogen-bond donors (Lipinski definition) is 2. The number of rotatable bonds is 5. The summed E-state index contributed by atoms with van der Waals surface area (Å²) in [5.74, 6) is -0.320. The Morgan fingerprint density at radius 2 is 1.75 bits per heavy atom. The highest BCUT2D eigenvalue weighted by Crippen LogP contribution is 2.38. The van der Waals surface area contributed by atoms with Gasteiger partial charge < -0.3 is 10.6 Å². The number of amides is 2. The van der Waals surface area contributed by atoms with Crippen molar-refractivity contribution in [3.8, 4) is 0 Å². The van der Waals surface area contributed by atoms with Gasteiger partial charge in [0, 0.05) is 12.6 Å². The molecule has 0 bridgehead atoms. The highest BCUT2D eigenvalue weighted by molar-refractivity contribution is 5.92. The fourth-order valence-corrected chi connectivity index (χ4v) is 2.19. The van der Waals surface area contributed by atoms with Crippen molar-refractivity contribution in [1.29, 1.82) is 0 Å². The first-order valence-electron chi connectivity index (χ1n) is 7.11. The second-order valence-corrected chi connectivity index (χ2v) is 5.82. The molecular weight excluding hydrogens is 252 g/mol. The molecule has 2 amide bonds. The first kappa shape index (κ1) is 14.6. The number of carbonyl (C=O) groups is 2. The fourth-order valence-electron chi connectivity index (χ4n) is 2.19. The average molecular weight is 274 g/mol. The largest absolute Gasteiger partial charge is 0.354 e. The SMILES string of the molecule is Cc1ccc(CNC(=O)C2CC2C(=O)NC(C)C)cc1. The summed E-state index contributed by atoms with van der Waals surface area (Å²) in [5, 5.41) is 5.75. The van der Waals surface area contributed by atoms with Gasteiger partial charge in [-0.3, -0.25) is 9.59 Å². The zero-order chi connectivity index (χ0) is 14.7. The Kier molecular flexibility index (Phi) is 4.42. The molecule has 1 aromatic carbocycles. The van der Waals surface area contributed by atoms with Crippen molar-refractivity contribution in [2.75, 3.05) is 0 Å². The van der Waals surface area contributed by atoms with Gasteiger partial charge in [0.2, 0.25) is 11.8 Å². The van der Waals surface area contributed by atoms with Crippen molar-refractivity contribution in [1.82, 2.24) is 10.6 Å². The molecule has 108 valence electrons. The van der Waals surface area contributed by atoms with Gasteiger partial charge in [-0.1, -0.05) is 29.8 Å². The van der Waals surface area contributed by atoms with Gasteiger partial charge in [-0.25, -0.2) is 0 Å². The van der Waals surface area contributed by atoms with E-state index >= 15 is 0 Å². The molecule has 2 N–H and O–H groups in total. The van der Waals surface area contributed by atoms with Crippen LogP contribution in [0.15, 0.2) is 24.3 Å². The van der Waals surface area contributed by atoms with Crippen LogP contribution in [0.2, 0.25) is 0 Å². The van der Waals surface area contributed by atoms with Crippen LogP contribution in [0.5, 0.6) is 0 Å². The molecule has 0 radical (unpaired) electrons. The van der Waals surface area contributed by atoms with Gasteiger partial charge in [-0.05, 0) is 32.8 Å². The number of nitrogens with one attached hydrogen (secondary N) is 2. The molecule has 2 rings (SSSR count). The summed E-state index contributed by atoms with van der Waals surface area (Å²) in [6.45, 7) is 6.40. The first-order chi connectivity index (χ1) is 9.47. The van der Waals surface area contributed by atoms with Crippen LogP contribution in [0.25, 0.3) is 0 Å². The van der Waals surface area contributed by atoms with Gasteiger partial charge in [-0.2, -0.15) is 0 Å². The second-order valence-electron chi connectivity index (χ2n) is 5.82. The van der Waals surface area contributed by atoms with Crippen molar-refractivity contribution in [2.24, 2.45) is 11.8 Å². The van der Waals surface area contributed by atoms with E-state index in [2.05, 4.69) is 10.6 Å². The quantitative estimate of drug-likeness (QED) is 0.859. The van der Waals surface area contributed by atoms with Crippen LogP contribution in [0, 0.1) is 18.8 Å². The van der Waals surface area contributed by atoms with E-state index in [1.54, 1.807) is 0 Å². The molecule has 20 heavy (non-hydrogen) atoms. The lowest BCUT2D eigenvalue weighted by Gasteiger charge is -2.08. The van der Waals surface area contributed by atoms with Crippen molar-refractivity contribution < 1.29 is 9.59 Å². The van der Waals surface area contributed by atoms with Gasteiger partial charge in [0.25, 0.3) is 0 Å². The van der Waals surface area contributed by atoms with Gasteiger partial charge in [-0.15, -0.1) is 0 Å². The highest BCUT2D eigenvalue weighted by atomic mass is 16.2. The number of carbonyl (C=O) groups excluding carboxylic acids is 2. The maximum absolute atomic E-state index is 12.0. The van der Waals surface area contributed by atoms with Crippen LogP contribution in [-0.2, 0) is 16.1 Å². The molecule has 1 saturated carbocycles. The molecule has 1 aromatic rings. The maximum atomic E-state index is 12.0. The van der Waals surface area contributed by atoms with E-state index in [-0.39, 0.29) is 29.7 Å². The standard InChI is InChI=1S/C16H22N2O2/c1-10(2)18-16(20)14-8-13(14)15(19)17-9-12-6-4-11(3)5-7-12/h4-7,10,13-14H,8-9H2,1-3H3,(H,17,19)(H,18,20). The molecular formula is C16H22N2O2. The molecule has 4 heteroatoms. The van der Waals surface area contributed by atoms with Crippen molar-refractivity contribution in [3.05, 3.63) is 35.4 Å². The number of hydrogen-bond acceptors (Lipinski definition) is 2. The second kappa shape index (κ2) is 6.07. The molecule has 0 aliphatic heterocycles. The summed E-state index contributed by atoms with van der Waals surface area (Å²) in [4.78, 5) is 23.7. The van der Waals surface area contributed by atoms with E-state index < -0.39 is 0 Å². The Balaban J connectivity index is 1.77. The average Bonchev–Trinajstić information content (AvgIpc) is 3.17. The lowest BCUT2D eigenvalue weighted by atomic mass is 10.1. The normalized spacial score (nSPS) is 20.6. The van der Waals surface area contributed by atoms with Gasteiger partial charge in [0.05, 0.1) is 11.8 Å². The Labute approximate surface area is 119 Å². The number of benzene rings is 1.